The number of carbonyl (C=O) groups is 3. The summed E-state index contributed by atoms with van der Waals surface area (Å²) in [5.41, 5.74) is 12.2. The molecule has 2 amide bonds. The van der Waals surface area contributed by atoms with E-state index in [1.165, 1.54) is 17.0 Å². The van der Waals surface area contributed by atoms with Crippen molar-refractivity contribution in [2.24, 2.45) is 29.1 Å². The highest BCUT2D eigenvalue weighted by atomic mass is 32.1. The van der Waals surface area contributed by atoms with Crippen LogP contribution in [0, 0.1) is 29.1 Å². The Morgan fingerprint density at radius 3 is 2.68 bits per heavy atom. The molecular formula is C45H58N8O5S. The third-order valence-electron chi connectivity index (χ3n) is 13.4. The number of likely N-dealkylation sites (N-methyl/N-ethyl adjacent to an activating group) is 1. The molecule has 7 unspecified atom stereocenters. The van der Waals surface area contributed by atoms with Crippen molar-refractivity contribution in [1.82, 2.24) is 35.0 Å². The number of pyridine rings is 2. The number of amides is 2. The highest BCUT2D eigenvalue weighted by Crippen LogP contribution is 2.46. The van der Waals surface area contributed by atoms with Crippen molar-refractivity contribution >= 4 is 40.3 Å². The lowest BCUT2D eigenvalue weighted by molar-refractivity contribution is -0.156. The maximum atomic E-state index is 14.3. The van der Waals surface area contributed by atoms with E-state index in [2.05, 4.69) is 91.0 Å². The zero-order valence-electron chi connectivity index (χ0n) is 35.4. The Labute approximate surface area is 350 Å². The highest BCUT2D eigenvalue weighted by Gasteiger charge is 2.53. The molecule has 314 valence electrons. The number of esters is 1. The molecule has 4 aromatic rings. The van der Waals surface area contributed by atoms with E-state index in [9.17, 15) is 14.4 Å². The van der Waals surface area contributed by atoms with Crippen LogP contribution in [0.3, 0.4) is 0 Å². The van der Waals surface area contributed by atoms with Crippen LogP contribution >= 0.6 is 11.3 Å². The summed E-state index contributed by atoms with van der Waals surface area (Å²) in [4.78, 5) is 56.6. The molecule has 6 bridgehead atoms. The smallest absolute Gasteiger partial charge is 0.325 e. The summed E-state index contributed by atoms with van der Waals surface area (Å²) in [7, 11) is 3.90. The number of methoxy groups -OCH3 is 1. The van der Waals surface area contributed by atoms with Crippen molar-refractivity contribution in [1.29, 1.82) is 0 Å². The standard InChI is InChI=1S/C45H58N8O5S/c1-8-36-39(32-18-29(21-46-40(32)26(3)57-7)51-13-11-50(6)12-14-51)33-20-45(4,5)24-58-44(56)41-31-16-28(31)22-53(49-41)43(55)34(48-42(54)30-15-25(30)2)19-38-47-35(23-59-38)27-9-10-52(36)37(33)17-27/h9-10,17-18,21,23,25-26,28,30-31,34,41,49H,8,11-16,19-20,22,24H2,1-7H3,(H,48,54). The van der Waals surface area contributed by atoms with Gasteiger partial charge in [-0.3, -0.25) is 24.4 Å². The van der Waals surface area contributed by atoms with Crippen LogP contribution in [0.15, 0.2) is 36.0 Å². The summed E-state index contributed by atoms with van der Waals surface area (Å²) in [6.45, 7) is 15.1. The minimum absolute atomic E-state index is 0.0874. The lowest BCUT2D eigenvalue weighted by Crippen LogP contribution is -2.61. The van der Waals surface area contributed by atoms with Gasteiger partial charge in [0.05, 0.1) is 41.0 Å². The lowest BCUT2D eigenvalue weighted by atomic mass is 9.83. The van der Waals surface area contributed by atoms with Crippen molar-refractivity contribution in [2.75, 3.05) is 58.4 Å². The maximum absolute atomic E-state index is 14.3. The fourth-order valence-electron chi connectivity index (χ4n) is 9.51. The van der Waals surface area contributed by atoms with Gasteiger partial charge in [-0.1, -0.05) is 27.7 Å². The van der Waals surface area contributed by atoms with Crippen LogP contribution in [0.2, 0.25) is 0 Å². The lowest BCUT2D eigenvalue weighted by Gasteiger charge is -2.35. The van der Waals surface area contributed by atoms with E-state index in [-0.39, 0.29) is 54.7 Å². The van der Waals surface area contributed by atoms with Gasteiger partial charge in [0.1, 0.15) is 12.1 Å². The predicted molar refractivity (Wildman–Crippen MR) is 228 cm³/mol. The number of hydrazine groups is 1. The quantitative estimate of drug-likeness (QED) is 0.237. The molecule has 7 heterocycles. The molecule has 2 aliphatic carbocycles. The summed E-state index contributed by atoms with van der Waals surface area (Å²) >= 11 is 1.50. The van der Waals surface area contributed by atoms with Gasteiger partial charge in [-0.05, 0) is 81.2 Å². The summed E-state index contributed by atoms with van der Waals surface area (Å²) in [6.07, 6.45) is 7.22. The fraction of sp³-hybridized carbons (Fsp3) is 0.578. The van der Waals surface area contributed by atoms with E-state index >= 15 is 0 Å². The molecule has 0 aromatic carbocycles. The Bertz CT molecular complexity index is 2280. The average molecular weight is 823 g/mol. The molecule has 2 saturated carbocycles. The fourth-order valence-corrected chi connectivity index (χ4v) is 10.4. The third kappa shape index (κ3) is 7.77. The molecule has 5 aliphatic rings. The van der Waals surface area contributed by atoms with Gasteiger partial charge in [0, 0.05) is 97.1 Å². The van der Waals surface area contributed by atoms with Gasteiger partial charge in [0.15, 0.2) is 0 Å². The van der Waals surface area contributed by atoms with Crippen molar-refractivity contribution in [3.05, 3.63) is 57.9 Å². The van der Waals surface area contributed by atoms with E-state index in [4.69, 9.17) is 19.4 Å². The van der Waals surface area contributed by atoms with Gasteiger partial charge in [-0.15, -0.1) is 11.3 Å². The van der Waals surface area contributed by atoms with E-state index in [1.54, 1.807) is 12.1 Å². The highest BCUT2D eigenvalue weighted by molar-refractivity contribution is 7.10. The Kier molecular flexibility index (Phi) is 10.6. The number of ether oxygens (including phenoxy) is 2. The van der Waals surface area contributed by atoms with Crippen molar-refractivity contribution < 1.29 is 23.9 Å². The van der Waals surface area contributed by atoms with Crippen LogP contribution in [0.1, 0.15) is 75.5 Å². The first-order valence-electron chi connectivity index (χ1n) is 21.4. The molecular weight excluding hydrogens is 765 g/mol. The number of aryl methyl sites for hydroxylation is 1. The second-order valence-electron chi connectivity index (χ2n) is 18.5. The number of anilines is 1. The number of hydrogen-bond acceptors (Lipinski definition) is 11. The zero-order valence-corrected chi connectivity index (χ0v) is 36.2. The summed E-state index contributed by atoms with van der Waals surface area (Å²) in [6, 6.07) is 5.20. The van der Waals surface area contributed by atoms with Gasteiger partial charge < -0.3 is 29.0 Å². The molecule has 4 aromatic heterocycles. The molecule has 7 atom stereocenters. The molecule has 4 fully saturated rings. The van der Waals surface area contributed by atoms with E-state index in [0.717, 1.165) is 95.3 Å². The second-order valence-corrected chi connectivity index (χ2v) is 19.4. The van der Waals surface area contributed by atoms with E-state index < -0.39 is 17.5 Å². The van der Waals surface area contributed by atoms with Gasteiger partial charge in [-0.25, -0.2) is 10.4 Å². The minimum Gasteiger partial charge on any atom is -0.464 e. The summed E-state index contributed by atoms with van der Waals surface area (Å²) in [5, 5.41) is 7.46. The molecule has 0 spiro atoms. The van der Waals surface area contributed by atoms with Crippen molar-refractivity contribution in [3.63, 3.8) is 0 Å². The molecule has 9 rings (SSSR count). The first kappa shape index (κ1) is 40.1. The third-order valence-corrected chi connectivity index (χ3v) is 14.3. The SMILES string of the molecule is CCc1c(-c2cc(N3CCN(C)CC3)cnc2C(C)OC)c2c3cc(ccn13)-c1csc(n1)CC(NC(=O)C1CC1C)C(=O)N1CC3CC3C(N1)C(=O)OCC(C)(C)C2. The molecule has 3 aliphatic heterocycles. The Morgan fingerprint density at radius 1 is 1.17 bits per heavy atom. The van der Waals surface area contributed by atoms with Crippen molar-refractivity contribution in [2.45, 2.75) is 84.9 Å². The van der Waals surface area contributed by atoms with E-state index in [0.29, 0.717) is 18.9 Å². The largest absolute Gasteiger partial charge is 0.464 e. The van der Waals surface area contributed by atoms with E-state index in [1.807, 2.05) is 11.6 Å². The summed E-state index contributed by atoms with van der Waals surface area (Å²) < 4.78 is 14.5. The second kappa shape index (κ2) is 15.6. The van der Waals surface area contributed by atoms with Gasteiger partial charge in [0.2, 0.25) is 5.91 Å². The topological polar surface area (TPSA) is 134 Å². The normalized spacial score (nSPS) is 27.5. The van der Waals surface area contributed by atoms with Gasteiger partial charge in [-0.2, -0.15) is 0 Å². The van der Waals surface area contributed by atoms with Crippen LogP contribution in [0.5, 0.6) is 0 Å². The number of piperazine rings is 1. The summed E-state index contributed by atoms with van der Waals surface area (Å²) in [5.74, 6) is -0.174. The monoisotopic (exact) mass is 822 g/mol. The molecule has 0 radical (unpaired) electrons. The van der Waals surface area contributed by atoms with Crippen LogP contribution < -0.4 is 15.6 Å². The van der Waals surface area contributed by atoms with Crippen LogP contribution in [-0.2, 0) is 43.1 Å². The number of fused-ring (bicyclic) bond motifs is 8. The number of nitrogens with zero attached hydrogens (tertiary/aromatic N) is 6. The van der Waals surface area contributed by atoms with Crippen LogP contribution in [0.25, 0.3) is 27.9 Å². The number of carbonyl (C=O) groups excluding carboxylic acids is 3. The van der Waals surface area contributed by atoms with Crippen LogP contribution in [-0.4, -0.2) is 108 Å². The number of cyclic esters (lactones) is 1. The molecule has 14 heteroatoms. The molecule has 2 N–H and O–H groups in total. The Balaban J connectivity index is 1.17. The van der Waals surface area contributed by atoms with Crippen LogP contribution in [0.4, 0.5) is 5.69 Å². The van der Waals surface area contributed by atoms with Crippen molar-refractivity contribution in [3.8, 4) is 22.4 Å². The van der Waals surface area contributed by atoms with Gasteiger partial charge in [0.25, 0.3) is 5.91 Å². The molecule has 59 heavy (non-hydrogen) atoms. The first-order chi connectivity index (χ1) is 28.3. The first-order valence-corrected chi connectivity index (χ1v) is 22.3. The predicted octanol–water partition coefficient (Wildman–Crippen LogP) is 5.31. The minimum atomic E-state index is -0.820. The number of nitrogens with one attached hydrogen (secondary N) is 2. The number of thiazole rings is 1. The number of aromatic nitrogens is 3. The molecule has 13 nitrogen and oxygen atoms in total. The maximum Gasteiger partial charge on any atom is 0.325 e. The number of hydrogen-bond donors (Lipinski definition) is 2. The zero-order chi connectivity index (χ0) is 41.3. The number of rotatable bonds is 7. The Hall–Kier alpha value is -4.37. The average Bonchev–Trinajstić information content (AvgIpc) is 4.10. The van der Waals surface area contributed by atoms with Gasteiger partial charge >= 0.3 is 5.97 Å². The molecule has 2 saturated heterocycles. The Morgan fingerprint density at radius 2 is 1.95 bits per heavy atom.